The Morgan fingerprint density at radius 3 is 2.81 bits per heavy atom. The lowest BCUT2D eigenvalue weighted by Crippen LogP contribution is -2.47. The molecule has 0 aromatic carbocycles. The van der Waals surface area contributed by atoms with Crippen LogP contribution in [0.5, 0.6) is 0 Å². The summed E-state index contributed by atoms with van der Waals surface area (Å²) in [5.41, 5.74) is 0. The highest BCUT2D eigenvalue weighted by Gasteiger charge is 2.25. The van der Waals surface area contributed by atoms with Gasteiger partial charge in [0.15, 0.2) is 0 Å². The number of rotatable bonds is 5. The number of piperidine rings is 1. The zero-order valence-electron chi connectivity index (χ0n) is 9.66. The molecular formula is C11H20N2O3. The molecule has 0 unspecified atom stereocenters. The number of hydrogen-bond acceptors (Lipinski definition) is 3. The van der Waals surface area contributed by atoms with Crippen LogP contribution >= 0.6 is 0 Å². The van der Waals surface area contributed by atoms with Gasteiger partial charge < -0.3 is 15.7 Å². The lowest BCUT2D eigenvalue weighted by Gasteiger charge is -2.23. The summed E-state index contributed by atoms with van der Waals surface area (Å²) in [6, 6.07) is -0.737. The summed E-state index contributed by atoms with van der Waals surface area (Å²) in [4.78, 5) is 22.7. The monoisotopic (exact) mass is 228 g/mol. The summed E-state index contributed by atoms with van der Waals surface area (Å²) in [6.07, 6.45) is 3.06. The van der Waals surface area contributed by atoms with Crippen molar-refractivity contribution < 1.29 is 14.7 Å². The van der Waals surface area contributed by atoms with Crippen LogP contribution in [0.3, 0.4) is 0 Å². The number of aliphatic carboxylic acids is 1. The topological polar surface area (TPSA) is 78.4 Å². The molecule has 2 atom stereocenters. The first-order chi connectivity index (χ1) is 7.65. The largest absolute Gasteiger partial charge is 0.480 e. The fourth-order valence-electron chi connectivity index (χ4n) is 1.91. The SMILES string of the molecule is CCC[C@@H](NC(=O)[C@H]1CCCNC1)C(=O)O. The van der Waals surface area contributed by atoms with E-state index in [1.807, 2.05) is 6.92 Å². The smallest absolute Gasteiger partial charge is 0.326 e. The number of hydrogen-bond donors (Lipinski definition) is 3. The van der Waals surface area contributed by atoms with E-state index >= 15 is 0 Å². The number of carbonyl (C=O) groups is 2. The molecule has 3 N–H and O–H groups in total. The Morgan fingerprint density at radius 2 is 2.31 bits per heavy atom. The summed E-state index contributed by atoms with van der Waals surface area (Å²) in [7, 11) is 0. The summed E-state index contributed by atoms with van der Waals surface area (Å²) in [6.45, 7) is 3.51. The Morgan fingerprint density at radius 1 is 1.56 bits per heavy atom. The van der Waals surface area contributed by atoms with Crippen molar-refractivity contribution in [2.75, 3.05) is 13.1 Å². The van der Waals surface area contributed by atoms with Crippen LogP contribution in [-0.2, 0) is 9.59 Å². The van der Waals surface area contributed by atoms with Crippen molar-refractivity contribution in [3.8, 4) is 0 Å². The van der Waals surface area contributed by atoms with Gasteiger partial charge in [-0.15, -0.1) is 0 Å². The van der Waals surface area contributed by atoms with Crippen molar-refractivity contribution in [2.24, 2.45) is 5.92 Å². The van der Waals surface area contributed by atoms with E-state index in [4.69, 9.17) is 5.11 Å². The Labute approximate surface area is 95.6 Å². The maximum absolute atomic E-state index is 11.8. The maximum Gasteiger partial charge on any atom is 0.326 e. The van der Waals surface area contributed by atoms with Crippen LogP contribution in [-0.4, -0.2) is 36.1 Å². The highest BCUT2D eigenvalue weighted by molar-refractivity contribution is 5.85. The van der Waals surface area contributed by atoms with Gasteiger partial charge in [-0.1, -0.05) is 13.3 Å². The van der Waals surface area contributed by atoms with Gasteiger partial charge in [-0.2, -0.15) is 0 Å². The van der Waals surface area contributed by atoms with Crippen LogP contribution in [0.2, 0.25) is 0 Å². The fourth-order valence-corrected chi connectivity index (χ4v) is 1.91. The zero-order chi connectivity index (χ0) is 12.0. The molecule has 1 aliphatic heterocycles. The molecule has 1 aliphatic rings. The molecule has 1 rings (SSSR count). The minimum absolute atomic E-state index is 0.0764. The Kier molecular flexibility index (Phi) is 5.25. The van der Waals surface area contributed by atoms with Crippen LogP contribution in [0.25, 0.3) is 0 Å². The first-order valence-electron chi connectivity index (χ1n) is 5.89. The normalized spacial score (nSPS) is 22.4. The predicted octanol–water partition coefficient (Wildman–Crippen LogP) is 0.356. The van der Waals surface area contributed by atoms with Crippen molar-refractivity contribution in [3.05, 3.63) is 0 Å². The van der Waals surface area contributed by atoms with Crippen molar-refractivity contribution >= 4 is 11.9 Å². The maximum atomic E-state index is 11.8. The molecule has 1 fully saturated rings. The summed E-state index contributed by atoms with van der Waals surface area (Å²) < 4.78 is 0. The molecule has 5 nitrogen and oxygen atoms in total. The Bertz CT molecular complexity index is 250. The zero-order valence-corrected chi connectivity index (χ0v) is 9.66. The van der Waals surface area contributed by atoms with E-state index in [1.54, 1.807) is 0 Å². The Balaban J connectivity index is 2.43. The predicted molar refractivity (Wildman–Crippen MR) is 60.1 cm³/mol. The van der Waals surface area contributed by atoms with Crippen molar-refractivity contribution in [1.82, 2.24) is 10.6 Å². The molecule has 1 heterocycles. The molecule has 5 heteroatoms. The molecule has 0 aliphatic carbocycles. The second-order valence-corrected chi connectivity index (χ2v) is 4.23. The van der Waals surface area contributed by atoms with Crippen LogP contribution in [0.1, 0.15) is 32.6 Å². The van der Waals surface area contributed by atoms with E-state index in [9.17, 15) is 9.59 Å². The average molecular weight is 228 g/mol. The number of carboxylic acid groups (broad SMARTS) is 1. The summed E-state index contributed by atoms with van der Waals surface area (Å²) in [5.74, 6) is -1.15. The third-order valence-corrected chi connectivity index (χ3v) is 2.86. The van der Waals surface area contributed by atoms with Crippen LogP contribution in [0.4, 0.5) is 0 Å². The minimum Gasteiger partial charge on any atom is -0.480 e. The van der Waals surface area contributed by atoms with Gasteiger partial charge in [0.25, 0.3) is 0 Å². The molecule has 0 bridgehead atoms. The first-order valence-corrected chi connectivity index (χ1v) is 5.89. The summed E-state index contributed by atoms with van der Waals surface area (Å²) in [5, 5.41) is 14.7. The molecule has 0 saturated carbocycles. The van der Waals surface area contributed by atoms with Gasteiger partial charge in [-0.25, -0.2) is 4.79 Å². The van der Waals surface area contributed by atoms with E-state index in [2.05, 4.69) is 10.6 Å². The van der Waals surface area contributed by atoms with Gasteiger partial charge in [0.1, 0.15) is 6.04 Å². The quantitative estimate of drug-likeness (QED) is 0.634. The van der Waals surface area contributed by atoms with Crippen molar-refractivity contribution in [2.45, 2.75) is 38.6 Å². The third kappa shape index (κ3) is 3.81. The van der Waals surface area contributed by atoms with Gasteiger partial charge in [0, 0.05) is 6.54 Å². The fraction of sp³-hybridized carbons (Fsp3) is 0.818. The molecule has 0 aromatic rings. The highest BCUT2D eigenvalue weighted by Crippen LogP contribution is 2.10. The van der Waals surface area contributed by atoms with Gasteiger partial charge >= 0.3 is 5.97 Å². The second-order valence-electron chi connectivity index (χ2n) is 4.23. The van der Waals surface area contributed by atoms with Crippen LogP contribution in [0.15, 0.2) is 0 Å². The molecule has 0 spiro atoms. The van der Waals surface area contributed by atoms with E-state index < -0.39 is 12.0 Å². The average Bonchev–Trinajstić information content (AvgIpc) is 2.29. The van der Waals surface area contributed by atoms with E-state index in [0.717, 1.165) is 25.8 Å². The van der Waals surface area contributed by atoms with Gasteiger partial charge in [-0.3, -0.25) is 4.79 Å². The summed E-state index contributed by atoms with van der Waals surface area (Å²) >= 11 is 0. The molecule has 1 saturated heterocycles. The molecule has 1 amide bonds. The highest BCUT2D eigenvalue weighted by atomic mass is 16.4. The number of carbonyl (C=O) groups excluding carboxylic acids is 1. The molecule has 92 valence electrons. The standard InChI is InChI=1S/C11H20N2O3/c1-2-4-9(11(15)16)13-10(14)8-5-3-6-12-7-8/h8-9,12H,2-7H2,1H3,(H,13,14)(H,15,16)/t8-,9+/m0/s1. The van der Waals surface area contributed by atoms with Crippen LogP contribution < -0.4 is 10.6 Å². The lowest BCUT2D eigenvalue weighted by atomic mass is 9.98. The van der Waals surface area contributed by atoms with Gasteiger partial charge in [0.2, 0.25) is 5.91 Å². The first kappa shape index (κ1) is 13.0. The van der Waals surface area contributed by atoms with Crippen LogP contribution in [0, 0.1) is 5.92 Å². The molecule has 0 radical (unpaired) electrons. The van der Waals surface area contributed by atoms with E-state index in [-0.39, 0.29) is 11.8 Å². The number of carboxylic acids is 1. The van der Waals surface area contributed by atoms with Gasteiger partial charge in [0.05, 0.1) is 5.92 Å². The number of nitrogens with one attached hydrogen (secondary N) is 2. The van der Waals surface area contributed by atoms with Crippen molar-refractivity contribution in [1.29, 1.82) is 0 Å². The second kappa shape index (κ2) is 6.48. The lowest BCUT2D eigenvalue weighted by molar-refractivity contribution is -0.142. The van der Waals surface area contributed by atoms with E-state index in [1.165, 1.54) is 0 Å². The third-order valence-electron chi connectivity index (χ3n) is 2.86. The molecular weight excluding hydrogens is 208 g/mol. The Hall–Kier alpha value is -1.10. The minimum atomic E-state index is -0.945. The molecule has 16 heavy (non-hydrogen) atoms. The van der Waals surface area contributed by atoms with E-state index in [0.29, 0.717) is 13.0 Å². The van der Waals surface area contributed by atoms with Crippen molar-refractivity contribution in [3.63, 3.8) is 0 Å². The van der Waals surface area contributed by atoms with Gasteiger partial charge in [-0.05, 0) is 25.8 Å². The number of amides is 1. The molecule has 0 aromatic heterocycles.